The Kier molecular flexibility index (Phi) is 3.34. The SMILES string of the molecule is COc1cc(-c2n[nH]c(Cn3nnc4ccccc43)n2)ccc1O. The third-order valence-corrected chi connectivity index (χ3v) is 3.69. The number of rotatable bonds is 4. The van der Waals surface area contributed by atoms with Crippen LogP contribution in [0.4, 0.5) is 0 Å². The molecule has 0 aliphatic heterocycles. The number of phenols is 1. The summed E-state index contributed by atoms with van der Waals surface area (Å²) < 4.78 is 6.87. The van der Waals surface area contributed by atoms with Crippen LogP contribution in [0.3, 0.4) is 0 Å². The molecule has 0 aliphatic carbocycles. The summed E-state index contributed by atoms with van der Waals surface area (Å²) in [5, 5.41) is 25.0. The summed E-state index contributed by atoms with van der Waals surface area (Å²) in [5.74, 6) is 1.63. The Balaban J connectivity index is 1.63. The molecule has 8 heteroatoms. The summed E-state index contributed by atoms with van der Waals surface area (Å²) in [5.41, 5.74) is 2.51. The molecule has 0 saturated heterocycles. The summed E-state index contributed by atoms with van der Waals surface area (Å²) in [4.78, 5) is 4.47. The van der Waals surface area contributed by atoms with Gasteiger partial charge in [0.2, 0.25) is 0 Å². The van der Waals surface area contributed by atoms with Gasteiger partial charge in [-0.2, -0.15) is 5.10 Å². The monoisotopic (exact) mass is 322 g/mol. The molecule has 24 heavy (non-hydrogen) atoms. The number of aromatic hydroxyl groups is 1. The third kappa shape index (κ3) is 2.43. The predicted molar refractivity (Wildman–Crippen MR) is 86.7 cm³/mol. The summed E-state index contributed by atoms with van der Waals surface area (Å²) in [7, 11) is 1.50. The molecule has 0 radical (unpaired) electrons. The number of ether oxygens (including phenoxy) is 1. The van der Waals surface area contributed by atoms with Crippen molar-refractivity contribution >= 4 is 11.0 Å². The first-order chi connectivity index (χ1) is 11.7. The van der Waals surface area contributed by atoms with Crippen molar-refractivity contribution in [3.05, 3.63) is 48.3 Å². The minimum atomic E-state index is 0.0751. The number of H-pyrrole nitrogens is 1. The molecular weight excluding hydrogens is 308 g/mol. The van der Waals surface area contributed by atoms with Gasteiger partial charge in [-0.15, -0.1) is 5.10 Å². The molecular formula is C16H14N6O2. The van der Waals surface area contributed by atoms with Gasteiger partial charge in [-0.05, 0) is 30.3 Å². The maximum absolute atomic E-state index is 9.67. The van der Waals surface area contributed by atoms with Crippen LogP contribution in [-0.4, -0.2) is 42.4 Å². The lowest BCUT2D eigenvalue weighted by Crippen LogP contribution is -2.03. The molecule has 8 nitrogen and oxygen atoms in total. The van der Waals surface area contributed by atoms with E-state index >= 15 is 0 Å². The average Bonchev–Trinajstić information content (AvgIpc) is 3.23. The van der Waals surface area contributed by atoms with Crippen LogP contribution >= 0.6 is 0 Å². The Morgan fingerprint density at radius 3 is 2.96 bits per heavy atom. The molecule has 0 saturated carbocycles. The molecule has 0 amide bonds. The first kappa shape index (κ1) is 14.2. The van der Waals surface area contributed by atoms with Crippen molar-refractivity contribution in [2.75, 3.05) is 7.11 Å². The molecule has 2 aromatic carbocycles. The van der Waals surface area contributed by atoms with E-state index in [0.717, 1.165) is 16.6 Å². The van der Waals surface area contributed by atoms with Crippen LogP contribution in [0.5, 0.6) is 11.5 Å². The number of benzene rings is 2. The standard InChI is InChI=1S/C16H14N6O2/c1-24-14-8-10(6-7-13(14)23)16-17-15(19-20-16)9-22-12-5-3-2-4-11(12)18-21-22/h2-8,23H,9H2,1H3,(H,17,19,20). The molecule has 120 valence electrons. The van der Waals surface area contributed by atoms with Crippen LogP contribution < -0.4 is 4.74 Å². The van der Waals surface area contributed by atoms with E-state index in [4.69, 9.17) is 4.74 Å². The van der Waals surface area contributed by atoms with E-state index in [1.807, 2.05) is 24.3 Å². The van der Waals surface area contributed by atoms with E-state index in [2.05, 4.69) is 25.5 Å². The zero-order valence-corrected chi connectivity index (χ0v) is 12.8. The Hall–Kier alpha value is -3.42. The second kappa shape index (κ2) is 5.65. The van der Waals surface area contributed by atoms with E-state index < -0.39 is 0 Å². The maximum Gasteiger partial charge on any atom is 0.181 e. The van der Waals surface area contributed by atoms with Crippen molar-refractivity contribution in [3.63, 3.8) is 0 Å². The molecule has 2 N–H and O–H groups in total. The summed E-state index contributed by atoms with van der Waals surface area (Å²) in [6.07, 6.45) is 0. The summed E-state index contributed by atoms with van der Waals surface area (Å²) >= 11 is 0. The second-order valence-electron chi connectivity index (χ2n) is 5.23. The van der Waals surface area contributed by atoms with Gasteiger partial charge in [0.1, 0.15) is 17.9 Å². The van der Waals surface area contributed by atoms with Crippen molar-refractivity contribution in [2.24, 2.45) is 0 Å². The van der Waals surface area contributed by atoms with Gasteiger partial charge in [0.05, 0.1) is 12.6 Å². The van der Waals surface area contributed by atoms with Gasteiger partial charge in [-0.3, -0.25) is 5.10 Å². The van der Waals surface area contributed by atoms with Crippen LogP contribution in [0.25, 0.3) is 22.4 Å². The highest BCUT2D eigenvalue weighted by atomic mass is 16.5. The van der Waals surface area contributed by atoms with Crippen molar-refractivity contribution in [1.82, 2.24) is 30.2 Å². The van der Waals surface area contributed by atoms with Crippen molar-refractivity contribution in [1.29, 1.82) is 0 Å². The lowest BCUT2D eigenvalue weighted by atomic mass is 10.2. The quantitative estimate of drug-likeness (QED) is 0.595. The van der Waals surface area contributed by atoms with E-state index in [1.54, 1.807) is 22.9 Å². The van der Waals surface area contributed by atoms with Gasteiger partial charge in [0, 0.05) is 5.56 Å². The van der Waals surface area contributed by atoms with Crippen LogP contribution in [0.1, 0.15) is 5.82 Å². The van der Waals surface area contributed by atoms with E-state index in [9.17, 15) is 5.11 Å². The molecule has 0 unspecified atom stereocenters. The predicted octanol–water partition coefficient (Wildman–Crippen LogP) is 1.98. The number of methoxy groups -OCH3 is 1. The number of phenolic OH excluding ortho intramolecular Hbond substituents is 1. The number of aromatic amines is 1. The fourth-order valence-electron chi connectivity index (χ4n) is 2.49. The van der Waals surface area contributed by atoms with Gasteiger partial charge in [0.15, 0.2) is 17.3 Å². The number of fused-ring (bicyclic) bond motifs is 1. The lowest BCUT2D eigenvalue weighted by Gasteiger charge is -2.03. The Labute approximate surface area is 136 Å². The molecule has 0 fully saturated rings. The van der Waals surface area contributed by atoms with Crippen LogP contribution in [0.2, 0.25) is 0 Å². The largest absolute Gasteiger partial charge is 0.504 e. The van der Waals surface area contributed by atoms with Crippen molar-refractivity contribution in [3.8, 4) is 22.9 Å². The maximum atomic E-state index is 9.67. The Morgan fingerprint density at radius 1 is 1.21 bits per heavy atom. The highest BCUT2D eigenvalue weighted by Gasteiger charge is 2.11. The van der Waals surface area contributed by atoms with Crippen molar-refractivity contribution in [2.45, 2.75) is 6.54 Å². The average molecular weight is 322 g/mol. The van der Waals surface area contributed by atoms with Gasteiger partial charge < -0.3 is 9.84 Å². The number of aromatic nitrogens is 6. The fraction of sp³-hybridized carbons (Fsp3) is 0.125. The minimum absolute atomic E-state index is 0.0751. The van der Waals surface area contributed by atoms with Gasteiger partial charge in [-0.1, -0.05) is 17.3 Å². The summed E-state index contributed by atoms with van der Waals surface area (Å²) in [6, 6.07) is 12.7. The normalized spacial score (nSPS) is 11.0. The van der Waals surface area contributed by atoms with E-state index in [0.29, 0.717) is 23.9 Å². The highest BCUT2D eigenvalue weighted by Crippen LogP contribution is 2.29. The Bertz CT molecular complexity index is 1010. The fourth-order valence-corrected chi connectivity index (χ4v) is 2.49. The second-order valence-corrected chi connectivity index (χ2v) is 5.23. The van der Waals surface area contributed by atoms with Gasteiger partial charge >= 0.3 is 0 Å². The molecule has 2 aromatic heterocycles. The lowest BCUT2D eigenvalue weighted by molar-refractivity contribution is 0.373. The molecule has 0 atom stereocenters. The topological polar surface area (TPSA) is 102 Å². The minimum Gasteiger partial charge on any atom is -0.504 e. The highest BCUT2D eigenvalue weighted by molar-refractivity contribution is 5.73. The molecule has 2 heterocycles. The third-order valence-electron chi connectivity index (χ3n) is 3.69. The first-order valence-corrected chi connectivity index (χ1v) is 7.31. The number of hydrogen-bond donors (Lipinski definition) is 2. The smallest absolute Gasteiger partial charge is 0.181 e. The number of para-hydroxylation sites is 1. The zero-order chi connectivity index (χ0) is 16.5. The van der Waals surface area contributed by atoms with Crippen molar-refractivity contribution < 1.29 is 9.84 Å². The van der Waals surface area contributed by atoms with Gasteiger partial charge in [-0.25, -0.2) is 9.67 Å². The molecule has 4 aromatic rings. The zero-order valence-electron chi connectivity index (χ0n) is 12.8. The van der Waals surface area contributed by atoms with Crippen LogP contribution in [0.15, 0.2) is 42.5 Å². The van der Waals surface area contributed by atoms with E-state index in [-0.39, 0.29) is 5.75 Å². The number of nitrogens with zero attached hydrogens (tertiary/aromatic N) is 5. The van der Waals surface area contributed by atoms with Crippen LogP contribution in [-0.2, 0) is 6.54 Å². The Morgan fingerprint density at radius 2 is 2.08 bits per heavy atom. The van der Waals surface area contributed by atoms with Gasteiger partial charge in [0.25, 0.3) is 0 Å². The molecule has 0 bridgehead atoms. The van der Waals surface area contributed by atoms with E-state index in [1.165, 1.54) is 7.11 Å². The van der Waals surface area contributed by atoms with Crippen LogP contribution in [0, 0.1) is 0 Å². The first-order valence-electron chi connectivity index (χ1n) is 7.31. The number of nitrogens with one attached hydrogen (secondary N) is 1. The number of hydrogen-bond acceptors (Lipinski definition) is 6. The molecule has 0 aliphatic rings. The summed E-state index contributed by atoms with van der Waals surface area (Å²) in [6.45, 7) is 0.433. The molecule has 4 rings (SSSR count). The molecule has 0 spiro atoms.